The number of rotatable bonds is 7. The van der Waals surface area contributed by atoms with E-state index in [2.05, 4.69) is 4.72 Å². The zero-order chi connectivity index (χ0) is 21.9. The molecule has 3 rings (SSSR count). The van der Waals surface area contributed by atoms with Gasteiger partial charge in [0, 0.05) is 11.8 Å². The number of nitrogens with one attached hydrogen (secondary N) is 1. The molecule has 2 N–H and O–H groups in total. The average molecular weight is 433 g/mol. The van der Waals surface area contributed by atoms with Crippen molar-refractivity contribution >= 4 is 21.7 Å². The van der Waals surface area contributed by atoms with Crippen LogP contribution in [0.3, 0.4) is 0 Å². The molecule has 3 aromatic rings. The predicted molar refractivity (Wildman–Crippen MR) is 106 cm³/mol. The largest absolute Gasteiger partial charge is 0.489 e. The van der Waals surface area contributed by atoms with Crippen LogP contribution in [0.15, 0.2) is 65.6 Å². The lowest BCUT2D eigenvalue weighted by molar-refractivity contribution is 0.0696. The first-order valence-corrected chi connectivity index (χ1v) is 10.2. The Bertz CT molecular complexity index is 1170. The van der Waals surface area contributed by atoms with Crippen molar-refractivity contribution < 1.29 is 31.8 Å². The van der Waals surface area contributed by atoms with Gasteiger partial charge in [-0.05, 0) is 66.6 Å². The fourth-order valence-corrected chi connectivity index (χ4v) is 3.78. The molecule has 0 amide bonds. The zero-order valence-corrected chi connectivity index (χ0v) is 16.5. The second-order valence-electron chi connectivity index (χ2n) is 6.48. The Kier molecular flexibility index (Phi) is 6.02. The van der Waals surface area contributed by atoms with E-state index in [9.17, 15) is 22.0 Å². The van der Waals surface area contributed by atoms with E-state index in [4.69, 9.17) is 9.84 Å². The number of sulfonamides is 1. The minimum Gasteiger partial charge on any atom is -0.489 e. The van der Waals surface area contributed by atoms with Crippen molar-refractivity contribution in [1.29, 1.82) is 0 Å². The highest BCUT2D eigenvalue weighted by atomic mass is 32.2. The summed E-state index contributed by atoms with van der Waals surface area (Å²) in [5.41, 5.74) is 0.888. The van der Waals surface area contributed by atoms with Crippen molar-refractivity contribution in [2.45, 2.75) is 18.4 Å². The van der Waals surface area contributed by atoms with Crippen molar-refractivity contribution in [3.63, 3.8) is 0 Å². The zero-order valence-electron chi connectivity index (χ0n) is 15.7. The number of hydrogen-bond donors (Lipinski definition) is 2. The highest BCUT2D eigenvalue weighted by molar-refractivity contribution is 7.92. The molecule has 0 saturated carbocycles. The van der Waals surface area contributed by atoms with Gasteiger partial charge in [0.25, 0.3) is 10.0 Å². The third-order valence-electron chi connectivity index (χ3n) is 4.18. The molecule has 0 aliphatic rings. The van der Waals surface area contributed by atoms with Crippen LogP contribution in [0.1, 0.15) is 21.5 Å². The van der Waals surface area contributed by atoms with Crippen LogP contribution >= 0.6 is 0 Å². The molecule has 0 radical (unpaired) electrons. The molecule has 0 bridgehead atoms. The van der Waals surface area contributed by atoms with Crippen LogP contribution in [0, 0.1) is 18.6 Å². The van der Waals surface area contributed by atoms with Gasteiger partial charge in [0.05, 0.1) is 10.5 Å². The SMILES string of the molecule is Cc1ccc(S(=O)(=O)Nc2ccc(OCc3cc(F)cc(F)c3)cc2)cc1C(=O)O. The van der Waals surface area contributed by atoms with Crippen LogP contribution in [0.2, 0.25) is 0 Å². The van der Waals surface area contributed by atoms with Crippen molar-refractivity contribution in [3.05, 3.63) is 89.0 Å². The molecular formula is C21H17F2NO5S. The second-order valence-corrected chi connectivity index (χ2v) is 8.16. The lowest BCUT2D eigenvalue weighted by Gasteiger charge is -2.11. The van der Waals surface area contributed by atoms with E-state index >= 15 is 0 Å². The summed E-state index contributed by atoms with van der Waals surface area (Å²) in [7, 11) is -4.00. The van der Waals surface area contributed by atoms with Gasteiger partial charge in [0.15, 0.2) is 0 Å². The van der Waals surface area contributed by atoms with Gasteiger partial charge >= 0.3 is 5.97 Å². The summed E-state index contributed by atoms with van der Waals surface area (Å²) in [4.78, 5) is 11.0. The Morgan fingerprint density at radius 3 is 2.23 bits per heavy atom. The predicted octanol–water partition coefficient (Wildman–Crippen LogP) is 4.35. The summed E-state index contributed by atoms with van der Waals surface area (Å²) in [6, 6.07) is 12.8. The summed E-state index contributed by atoms with van der Waals surface area (Å²) in [5, 5.41) is 9.17. The van der Waals surface area contributed by atoms with Crippen LogP contribution in [0.25, 0.3) is 0 Å². The number of ether oxygens (including phenoxy) is 1. The quantitative estimate of drug-likeness (QED) is 0.578. The number of carboxylic acid groups (broad SMARTS) is 1. The molecular weight excluding hydrogens is 416 g/mol. The first-order valence-electron chi connectivity index (χ1n) is 8.69. The summed E-state index contributed by atoms with van der Waals surface area (Å²) in [5.74, 6) is -2.27. The summed E-state index contributed by atoms with van der Waals surface area (Å²) >= 11 is 0. The lowest BCUT2D eigenvalue weighted by atomic mass is 10.1. The highest BCUT2D eigenvalue weighted by Crippen LogP contribution is 2.22. The second kappa shape index (κ2) is 8.50. The van der Waals surface area contributed by atoms with E-state index in [1.165, 1.54) is 36.4 Å². The van der Waals surface area contributed by atoms with Crippen LogP contribution in [-0.2, 0) is 16.6 Å². The molecule has 0 fully saturated rings. The maximum atomic E-state index is 13.2. The first-order chi connectivity index (χ1) is 14.1. The number of hydrogen-bond acceptors (Lipinski definition) is 4. The van der Waals surface area contributed by atoms with Crippen molar-refractivity contribution in [1.82, 2.24) is 0 Å². The van der Waals surface area contributed by atoms with Gasteiger partial charge in [0.1, 0.15) is 24.0 Å². The summed E-state index contributed by atoms with van der Waals surface area (Å²) < 4.78 is 59.3. The molecule has 156 valence electrons. The minimum atomic E-state index is -4.00. The topological polar surface area (TPSA) is 92.7 Å². The van der Waals surface area contributed by atoms with E-state index < -0.39 is 27.6 Å². The van der Waals surface area contributed by atoms with Gasteiger partial charge < -0.3 is 9.84 Å². The first kappa shape index (κ1) is 21.3. The number of benzene rings is 3. The fourth-order valence-electron chi connectivity index (χ4n) is 2.69. The average Bonchev–Trinajstić information content (AvgIpc) is 2.66. The summed E-state index contributed by atoms with van der Waals surface area (Å²) in [6.45, 7) is 1.51. The number of carbonyl (C=O) groups is 1. The smallest absolute Gasteiger partial charge is 0.335 e. The van der Waals surface area contributed by atoms with E-state index in [1.54, 1.807) is 6.92 Å². The number of halogens is 2. The molecule has 0 heterocycles. The number of aryl methyl sites for hydroxylation is 1. The maximum Gasteiger partial charge on any atom is 0.335 e. The Morgan fingerprint density at radius 2 is 1.63 bits per heavy atom. The minimum absolute atomic E-state index is 0.0684. The normalized spacial score (nSPS) is 11.2. The maximum absolute atomic E-state index is 13.2. The third kappa shape index (κ3) is 5.12. The van der Waals surface area contributed by atoms with Gasteiger partial charge in [-0.3, -0.25) is 4.72 Å². The molecule has 0 aromatic heterocycles. The molecule has 0 spiro atoms. The van der Waals surface area contributed by atoms with Crippen LogP contribution in [-0.4, -0.2) is 19.5 Å². The molecule has 0 saturated heterocycles. The number of carboxylic acids is 1. The van der Waals surface area contributed by atoms with Crippen LogP contribution in [0.4, 0.5) is 14.5 Å². The third-order valence-corrected chi connectivity index (χ3v) is 5.56. The summed E-state index contributed by atoms with van der Waals surface area (Å²) in [6.07, 6.45) is 0. The Hall–Kier alpha value is -3.46. The molecule has 0 atom stereocenters. The molecule has 0 aliphatic carbocycles. The molecule has 0 aliphatic heterocycles. The van der Waals surface area contributed by atoms with Gasteiger partial charge in [-0.2, -0.15) is 0 Å². The Labute approximate surface area is 171 Å². The van der Waals surface area contributed by atoms with Crippen LogP contribution in [0.5, 0.6) is 5.75 Å². The number of aromatic carboxylic acids is 1. The lowest BCUT2D eigenvalue weighted by Crippen LogP contribution is -2.14. The Balaban J connectivity index is 1.70. The Morgan fingerprint density at radius 1 is 1.00 bits per heavy atom. The van der Waals surface area contributed by atoms with E-state index in [-0.39, 0.29) is 22.8 Å². The van der Waals surface area contributed by atoms with Gasteiger partial charge in [0.2, 0.25) is 0 Å². The van der Waals surface area contributed by atoms with Crippen molar-refractivity contribution in [2.24, 2.45) is 0 Å². The van der Waals surface area contributed by atoms with E-state index in [0.717, 1.165) is 24.3 Å². The number of anilines is 1. The molecule has 0 unspecified atom stereocenters. The van der Waals surface area contributed by atoms with Crippen molar-refractivity contribution in [3.8, 4) is 5.75 Å². The molecule has 9 heteroatoms. The standard InChI is InChI=1S/C21H17F2NO5S/c1-13-2-7-19(11-20(13)21(25)26)30(27,28)24-17-3-5-18(6-4-17)29-12-14-8-15(22)10-16(23)9-14/h2-11,24H,12H2,1H3,(H,25,26). The van der Waals surface area contributed by atoms with E-state index in [1.807, 2.05) is 0 Å². The molecule has 3 aromatic carbocycles. The van der Waals surface area contributed by atoms with Gasteiger partial charge in [-0.1, -0.05) is 6.07 Å². The van der Waals surface area contributed by atoms with Crippen LogP contribution < -0.4 is 9.46 Å². The molecule has 6 nitrogen and oxygen atoms in total. The molecule has 30 heavy (non-hydrogen) atoms. The fraction of sp³-hybridized carbons (Fsp3) is 0.0952. The highest BCUT2D eigenvalue weighted by Gasteiger charge is 2.18. The van der Waals surface area contributed by atoms with Gasteiger partial charge in [-0.15, -0.1) is 0 Å². The van der Waals surface area contributed by atoms with E-state index in [0.29, 0.717) is 16.9 Å². The monoisotopic (exact) mass is 433 g/mol. The van der Waals surface area contributed by atoms with Crippen molar-refractivity contribution in [2.75, 3.05) is 4.72 Å². The van der Waals surface area contributed by atoms with Gasteiger partial charge in [-0.25, -0.2) is 22.0 Å².